The average Bonchev–Trinajstić information content (AvgIpc) is 2.31. The zero-order valence-corrected chi connectivity index (χ0v) is 10.3. The van der Waals surface area contributed by atoms with Gasteiger partial charge in [-0.05, 0) is 31.5 Å². The third-order valence-corrected chi connectivity index (χ3v) is 2.59. The van der Waals surface area contributed by atoms with Crippen LogP contribution in [0.4, 0.5) is 0 Å². The van der Waals surface area contributed by atoms with E-state index in [2.05, 4.69) is 17.2 Å². The van der Waals surface area contributed by atoms with Crippen molar-refractivity contribution in [2.45, 2.75) is 32.2 Å². The molecule has 16 heavy (non-hydrogen) atoms. The predicted molar refractivity (Wildman–Crippen MR) is 63.1 cm³/mol. The first-order valence-corrected chi connectivity index (χ1v) is 5.40. The highest BCUT2D eigenvalue weighted by Gasteiger charge is 2.18. The van der Waals surface area contributed by atoms with Crippen LogP contribution in [0.15, 0.2) is 24.5 Å². The van der Waals surface area contributed by atoms with Gasteiger partial charge in [-0.15, -0.1) is 0 Å². The highest BCUT2D eigenvalue weighted by atomic mass is 16.7. The van der Waals surface area contributed by atoms with Crippen molar-refractivity contribution in [3.63, 3.8) is 0 Å². The molecule has 4 nitrogen and oxygen atoms in total. The third kappa shape index (κ3) is 3.56. The first kappa shape index (κ1) is 13.1. The highest BCUT2D eigenvalue weighted by molar-refractivity contribution is 5.14. The molecule has 0 fully saturated rings. The summed E-state index contributed by atoms with van der Waals surface area (Å²) >= 11 is 0. The van der Waals surface area contributed by atoms with E-state index in [0.717, 1.165) is 0 Å². The number of hydrogen-bond acceptors (Lipinski definition) is 4. The lowest BCUT2D eigenvalue weighted by molar-refractivity contribution is -0.120. The van der Waals surface area contributed by atoms with Gasteiger partial charge in [-0.3, -0.25) is 4.98 Å². The Morgan fingerprint density at radius 1 is 1.12 bits per heavy atom. The lowest BCUT2D eigenvalue weighted by Gasteiger charge is -2.25. The number of nitrogens with zero attached hydrogens (tertiary/aromatic N) is 1. The molecule has 0 saturated carbocycles. The molecule has 0 aliphatic carbocycles. The molecule has 1 unspecified atom stereocenters. The summed E-state index contributed by atoms with van der Waals surface area (Å²) in [5, 5.41) is 3.42. The zero-order valence-electron chi connectivity index (χ0n) is 10.3. The van der Waals surface area contributed by atoms with Crippen LogP contribution in [0.2, 0.25) is 0 Å². The molecule has 0 amide bonds. The monoisotopic (exact) mass is 224 g/mol. The smallest absolute Gasteiger partial charge is 0.171 e. The number of ether oxygens (including phenoxy) is 2. The van der Waals surface area contributed by atoms with Crippen LogP contribution in [0.25, 0.3) is 0 Å². The van der Waals surface area contributed by atoms with Gasteiger partial charge in [-0.1, -0.05) is 0 Å². The molecule has 0 bridgehead atoms. The Kier molecular flexibility index (Phi) is 5.38. The van der Waals surface area contributed by atoms with Crippen LogP contribution in [0.1, 0.15) is 25.5 Å². The fraction of sp³-hybridized carbons (Fsp3) is 0.583. The van der Waals surface area contributed by atoms with Gasteiger partial charge in [0.25, 0.3) is 0 Å². The topological polar surface area (TPSA) is 43.4 Å². The molecule has 0 aliphatic heterocycles. The van der Waals surface area contributed by atoms with Crippen LogP contribution in [0.5, 0.6) is 0 Å². The van der Waals surface area contributed by atoms with E-state index < -0.39 is 0 Å². The van der Waals surface area contributed by atoms with E-state index in [-0.39, 0.29) is 18.4 Å². The summed E-state index contributed by atoms with van der Waals surface area (Å²) in [6.07, 6.45) is 3.36. The molecule has 1 aromatic rings. The van der Waals surface area contributed by atoms with Gasteiger partial charge >= 0.3 is 0 Å². The molecule has 1 N–H and O–H groups in total. The van der Waals surface area contributed by atoms with E-state index in [9.17, 15) is 0 Å². The lowest BCUT2D eigenvalue weighted by Crippen LogP contribution is -2.40. The second kappa shape index (κ2) is 6.58. The molecular weight excluding hydrogens is 204 g/mol. The van der Waals surface area contributed by atoms with Gasteiger partial charge in [0, 0.05) is 32.7 Å². The van der Waals surface area contributed by atoms with Gasteiger partial charge in [0.15, 0.2) is 6.29 Å². The van der Waals surface area contributed by atoms with Gasteiger partial charge in [0.05, 0.1) is 6.04 Å². The van der Waals surface area contributed by atoms with E-state index in [4.69, 9.17) is 9.47 Å². The quantitative estimate of drug-likeness (QED) is 0.747. The summed E-state index contributed by atoms with van der Waals surface area (Å²) < 4.78 is 10.4. The fourth-order valence-corrected chi connectivity index (χ4v) is 1.73. The van der Waals surface area contributed by atoms with Gasteiger partial charge in [-0.25, -0.2) is 0 Å². The van der Waals surface area contributed by atoms with Crippen LogP contribution in [0, 0.1) is 0 Å². The van der Waals surface area contributed by atoms with Crippen LogP contribution >= 0.6 is 0 Å². The minimum atomic E-state index is -0.232. The largest absolute Gasteiger partial charge is 0.354 e. The zero-order chi connectivity index (χ0) is 12.0. The van der Waals surface area contributed by atoms with Crippen molar-refractivity contribution < 1.29 is 9.47 Å². The van der Waals surface area contributed by atoms with E-state index in [1.165, 1.54) is 5.56 Å². The summed E-state index contributed by atoms with van der Waals surface area (Å²) in [5.74, 6) is 0. The number of rotatable bonds is 6. The van der Waals surface area contributed by atoms with Crippen molar-refractivity contribution in [3.05, 3.63) is 30.1 Å². The van der Waals surface area contributed by atoms with Crippen molar-refractivity contribution in [3.8, 4) is 0 Å². The molecule has 90 valence electrons. The molecule has 0 saturated heterocycles. The second-order valence-corrected chi connectivity index (χ2v) is 3.80. The fourth-order valence-electron chi connectivity index (χ4n) is 1.73. The summed E-state index contributed by atoms with van der Waals surface area (Å²) in [6.45, 7) is 4.14. The van der Waals surface area contributed by atoms with Crippen LogP contribution in [-0.4, -0.2) is 31.5 Å². The molecule has 1 aromatic heterocycles. The lowest BCUT2D eigenvalue weighted by atomic mass is 10.1. The Morgan fingerprint density at radius 2 is 1.69 bits per heavy atom. The van der Waals surface area contributed by atoms with E-state index in [1.54, 1.807) is 26.6 Å². The molecule has 0 aromatic carbocycles. The van der Waals surface area contributed by atoms with Crippen molar-refractivity contribution in [2.75, 3.05) is 14.2 Å². The number of hydrogen-bond donors (Lipinski definition) is 1. The molecular formula is C12H20N2O2. The normalized spacial score (nSPS) is 15.1. The first-order valence-electron chi connectivity index (χ1n) is 5.40. The molecule has 0 radical (unpaired) electrons. The predicted octanol–water partition coefficient (Wildman–Crippen LogP) is 1.74. The van der Waals surface area contributed by atoms with Gasteiger partial charge in [0.1, 0.15) is 0 Å². The van der Waals surface area contributed by atoms with Gasteiger partial charge < -0.3 is 14.8 Å². The number of methoxy groups -OCH3 is 2. The van der Waals surface area contributed by atoms with E-state index in [1.807, 2.05) is 19.1 Å². The number of nitrogens with one attached hydrogen (secondary N) is 1. The molecule has 2 atom stereocenters. The van der Waals surface area contributed by atoms with Crippen molar-refractivity contribution in [1.29, 1.82) is 0 Å². The van der Waals surface area contributed by atoms with Crippen molar-refractivity contribution in [1.82, 2.24) is 10.3 Å². The molecule has 0 spiro atoms. The Morgan fingerprint density at radius 3 is 2.19 bits per heavy atom. The first-order chi connectivity index (χ1) is 7.69. The van der Waals surface area contributed by atoms with Gasteiger partial charge in [-0.2, -0.15) is 0 Å². The number of pyridine rings is 1. The maximum Gasteiger partial charge on any atom is 0.171 e. The standard InChI is InChI=1S/C12H20N2O2/c1-9(11-5-7-13-8-6-11)14-10(2)12(15-3)16-4/h5-10,12,14H,1-4H3/t9-,10?/m1/s1. The average molecular weight is 224 g/mol. The minimum absolute atomic E-state index is 0.123. The van der Waals surface area contributed by atoms with Crippen molar-refractivity contribution >= 4 is 0 Å². The van der Waals surface area contributed by atoms with Crippen molar-refractivity contribution in [2.24, 2.45) is 0 Å². The molecule has 0 aliphatic rings. The Hall–Kier alpha value is -0.970. The Bertz CT molecular complexity index is 288. The van der Waals surface area contributed by atoms with E-state index in [0.29, 0.717) is 0 Å². The third-order valence-electron chi connectivity index (χ3n) is 2.59. The summed E-state index contributed by atoms with van der Waals surface area (Å²) in [4.78, 5) is 4.00. The number of aromatic nitrogens is 1. The second-order valence-electron chi connectivity index (χ2n) is 3.80. The van der Waals surface area contributed by atoms with Crippen LogP contribution in [0.3, 0.4) is 0 Å². The maximum absolute atomic E-state index is 5.20. The summed E-state index contributed by atoms with van der Waals surface area (Å²) in [6, 6.07) is 4.36. The maximum atomic E-state index is 5.20. The minimum Gasteiger partial charge on any atom is -0.354 e. The highest BCUT2D eigenvalue weighted by Crippen LogP contribution is 2.12. The molecule has 1 heterocycles. The Balaban J connectivity index is 2.54. The van der Waals surface area contributed by atoms with Crippen LogP contribution < -0.4 is 5.32 Å². The summed E-state index contributed by atoms with van der Waals surface area (Å²) in [7, 11) is 3.28. The summed E-state index contributed by atoms with van der Waals surface area (Å²) in [5.41, 5.74) is 1.20. The SMILES string of the molecule is COC(OC)C(C)N[C@H](C)c1ccncc1. The van der Waals surface area contributed by atoms with E-state index >= 15 is 0 Å². The molecule has 1 rings (SSSR count). The molecule has 4 heteroatoms. The van der Waals surface area contributed by atoms with Gasteiger partial charge in [0.2, 0.25) is 0 Å². The van der Waals surface area contributed by atoms with Crippen LogP contribution in [-0.2, 0) is 9.47 Å². The Labute approximate surface area is 97.0 Å².